The van der Waals surface area contributed by atoms with Gasteiger partial charge in [-0.05, 0) is 24.7 Å². The van der Waals surface area contributed by atoms with Crippen LogP contribution in [-0.2, 0) is 13.0 Å². The molecule has 6 heteroatoms. The third-order valence-electron chi connectivity index (χ3n) is 3.23. The van der Waals surface area contributed by atoms with Gasteiger partial charge in [0, 0.05) is 10.9 Å². The number of nitrogens with one attached hydrogen (secondary N) is 1. The van der Waals surface area contributed by atoms with E-state index in [-0.39, 0.29) is 12.6 Å². The van der Waals surface area contributed by atoms with Gasteiger partial charge in [0.1, 0.15) is 11.6 Å². The highest BCUT2D eigenvalue weighted by molar-refractivity contribution is 9.10. The largest absolute Gasteiger partial charge is 0.394 e. The van der Waals surface area contributed by atoms with Crippen molar-refractivity contribution in [3.05, 3.63) is 46.0 Å². The molecular weight excluding hydrogens is 320 g/mol. The molecule has 0 spiro atoms. The first-order valence-corrected chi connectivity index (χ1v) is 7.40. The Kier molecular flexibility index (Phi) is 5.28. The number of nitrogens with zero attached hydrogens (tertiary/aromatic N) is 3. The lowest BCUT2D eigenvalue weighted by molar-refractivity contribution is 0.140. The van der Waals surface area contributed by atoms with Gasteiger partial charge < -0.3 is 5.11 Å². The first-order chi connectivity index (χ1) is 9.63. The minimum atomic E-state index is -0.0670. The molecule has 2 N–H and O–H groups in total. The van der Waals surface area contributed by atoms with Crippen molar-refractivity contribution in [2.45, 2.75) is 25.9 Å². The van der Waals surface area contributed by atoms with Gasteiger partial charge in [0.2, 0.25) is 0 Å². The van der Waals surface area contributed by atoms with E-state index in [9.17, 15) is 5.11 Å². The number of hydrogen-bond acceptors (Lipinski definition) is 4. The average molecular weight is 339 g/mol. The molecule has 5 nitrogen and oxygen atoms in total. The number of H-pyrrole nitrogens is 1. The molecule has 1 heterocycles. The number of rotatable bonds is 6. The van der Waals surface area contributed by atoms with Gasteiger partial charge >= 0.3 is 0 Å². The molecule has 20 heavy (non-hydrogen) atoms. The molecule has 1 aromatic carbocycles. The van der Waals surface area contributed by atoms with Crippen molar-refractivity contribution >= 4 is 15.9 Å². The van der Waals surface area contributed by atoms with Crippen molar-refractivity contribution in [1.82, 2.24) is 20.1 Å². The lowest BCUT2D eigenvalue weighted by Gasteiger charge is -2.26. The Morgan fingerprint density at radius 1 is 1.45 bits per heavy atom. The molecular formula is C14H19BrN4O. The normalized spacial score (nSPS) is 12.8. The molecule has 0 amide bonds. The van der Waals surface area contributed by atoms with Crippen LogP contribution in [0.1, 0.15) is 30.2 Å². The van der Waals surface area contributed by atoms with Crippen LogP contribution in [0.15, 0.2) is 28.7 Å². The maximum atomic E-state index is 9.67. The fourth-order valence-corrected chi connectivity index (χ4v) is 2.54. The molecule has 2 aromatic rings. The topological polar surface area (TPSA) is 65.0 Å². The second-order valence-corrected chi connectivity index (χ2v) is 5.64. The number of aromatic nitrogens is 3. The smallest absolute Gasteiger partial charge is 0.150 e. The number of aliphatic hydroxyl groups excluding tert-OH is 1. The maximum Gasteiger partial charge on any atom is 0.150 e. The standard InChI is InChI=1S/C14H19BrN4O/c1-3-13-16-14(18-17-13)8-19(2)12(9-20)10-5-4-6-11(15)7-10/h4-7,12,20H,3,8-9H2,1-2H3,(H,16,17,18)/t12-/m1/s1. The third-order valence-corrected chi connectivity index (χ3v) is 3.73. The number of hydrogen-bond donors (Lipinski definition) is 2. The highest BCUT2D eigenvalue weighted by atomic mass is 79.9. The number of likely N-dealkylation sites (N-methyl/N-ethyl adjacent to an activating group) is 1. The van der Waals surface area contributed by atoms with Gasteiger partial charge in [-0.1, -0.05) is 35.0 Å². The second kappa shape index (κ2) is 6.97. The van der Waals surface area contributed by atoms with E-state index in [0.717, 1.165) is 28.1 Å². The monoisotopic (exact) mass is 338 g/mol. The van der Waals surface area contributed by atoms with Crippen LogP contribution in [0.25, 0.3) is 0 Å². The molecule has 0 aliphatic rings. The zero-order chi connectivity index (χ0) is 14.5. The third kappa shape index (κ3) is 3.65. The summed E-state index contributed by atoms with van der Waals surface area (Å²) in [4.78, 5) is 6.45. The molecule has 0 saturated heterocycles. The molecule has 0 saturated carbocycles. The van der Waals surface area contributed by atoms with Crippen LogP contribution < -0.4 is 0 Å². The van der Waals surface area contributed by atoms with Crippen molar-refractivity contribution in [1.29, 1.82) is 0 Å². The van der Waals surface area contributed by atoms with Crippen LogP contribution in [0, 0.1) is 0 Å². The molecule has 1 aromatic heterocycles. The lowest BCUT2D eigenvalue weighted by Crippen LogP contribution is -2.27. The minimum absolute atomic E-state index is 0.0573. The zero-order valence-corrected chi connectivity index (χ0v) is 13.3. The van der Waals surface area contributed by atoms with Crippen LogP contribution in [-0.4, -0.2) is 38.8 Å². The molecule has 108 valence electrons. The van der Waals surface area contributed by atoms with Gasteiger partial charge in [-0.3, -0.25) is 10.00 Å². The van der Waals surface area contributed by atoms with Crippen LogP contribution >= 0.6 is 15.9 Å². The van der Waals surface area contributed by atoms with Gasteiger partial charge in [0.05, 0.1) is 19.2 Å². The predicted molar refractivity (Wildman–Crippen MR) is 81.2 cm³/mol. The molecule has 0 radical (unpaired) electrons. The molecule has 2 rings (SSSR count). The zero-order valence-electron chi connectivity index (χ0n) is 11.7. The molecule has 0 aliphatic heterocycles. The second-order valence-electron chi connectivity index (χ2n) is 4.72. The van der Waals surface area contributed by atoms with Crippen molar-refractivity contribution in [2.24, 2.45) is 0 Å². The number of aromatic amines is 1. The Labute approximate surface area is 127 Å². The fraction of sp³-hybridized carbons (Fsp3) is 0.429. The first kappa shape index (κ1) is 15.2. The fourth-order valence-electron chi connectivity index (χ4n) is 2.12. The molecule has 0 fully saturated rings. The number of benzene rings is 1. The van der Waals surface area contributed by atoms with Gasteiger partial charge in [-0.15, -0.1) is 0 Å². The van der Waals surface area contributed by atoms with Crippen molar-refractivity contribution in [3.63, 3.8) is 0 Å². The Balaban J connectivity index is 2.10. The summed E-state index contributed by atoms with van der Waals surface area (Å²) in [5.74, 6) is 1.63. The van der Waals surface area contributed by atoms with E-state index in [2.05, 4.69) is 36.0 Å². The molecule has 0 bridgehead atoms. The summed E-state index contributed by atoms with van der Waals surface area (Å²) in [5.41, 5.74) is 1.07. The lowest BCUT2D eigenvalue weighted by atomic mass is 10.1. The Morgan fingerprint density at radius 3 is 2.85 bits per heavy atom. The molecule has 1 atom stereocenters. The van der Waals surface area contributed by atoms with Crippen molar-refractivity contribution < 1.29 is 5.11 Å². The van der Waals surface area contributed by atoms with E-state index in [1.165, 1.54) is 0 Å². The van der Waals surface area contributed by atoms with E-state index < -0.39 is 0 Å². The van der Waals surface area contributed by atoms with E-state index in [1.807, 2.05) is 38.2 Å². The van der Waals surface area contributed by atoms with E-state index in [1.54, 1.807) is 0 Å². The summed E-state index contributed by atoms with van der Waals surface area (Å²) in [7, 11) is 1.97. The minimum Gasteiger partial charge on any atom is -0.394 e. The van der Waals surface area contributed by atoms with Gasteiger partial charge in [0.15, 0.2) is 0 Å². The highest BCUT2D eigenvalue weighted by Crippen LogP contribution is 2.23. The Hall–Kier alpha value is -1.24. The van der Waals surface area contributed by atoms with Crippen LogP contribution in [0.3, 0.4) is 0 Å². The molecule has 0 unspecified atom stereocenters. The van der Waals surface area contributed by atoms with Crippen LogP contribution in [0.2, 0.25) is 0 Å². The van der Waals surface area contributed by atoms with Gasteiger partial charge in [-0.2, -0.15) is 5.10 Å². The van der Waals surface area contributed by atoms with Gasteiger partial charge in [0.25, 0.3) is 0 Å². The summed E-state index contributed by atoms with van der Waals surface area (Å²) in [6.45, 7) is 2.70. The van der Waals surface area contributed by atoms with E-state index in [0.29, 0.717) is 6.54 Å². The first-order valence-electron chi connectivity index (χ1n) is 6.60. The van der Waals surface area contributed by atoms with E-state index in [4.69, 9.17) is 0 Å². The summed E-state index contributed by atoms with van der Waals surface area (Å²) in [5, 5.41) is 16.7. The Bertz CT molecular complexity index is 558. The van der Waals surface area contributed by atoms with Crippen LogP contribution in [0.4, 0.5) is 0 Å². The maximum absolute atomic E-state index is 9.67. The Morgan fingerprint density at radius 2 is 2.25 bits per heavy atom. The predicted octanol–water partition coefficient (Wildman–Crippen LogP) is 2.30. The average Bonchev–Trinajstić information content (AvgIpc) is 2.87. The number of aliphatic hydroxyl groups is 1. The van der Waals surface area contributed by atoms with Crippen molar-refractivity contribution in [3.8, 4) is 0 Å². The summed E-state index contributed by atoms with van der Waals surface area (Å²) in [6, 6.07) is 7.92. The van der Waals surface area contributed by atoms with E-state index >= 15 is 0 Å². The van der Waals surface area contributed by atoms with Gasteiger partial charge in [-0.25, -0.2) is 4.98 Å². The van der Waals surface area contributed by atoms with Crippen molar-refractivity contribution in [2.75, 3.05) is 13.7 Å². The number of aryl methyl sites for hydroxylation is 1. The van der Waals surface area contributed by atoms with Crippen LogP contribution in [0.5, 0.6) is 0 Å². The summed E-state index contributed by atoms with van der Waals surface area (Å²) < 4.78 is 1.01. The number of halogens is 1. The quantitative estimate of drug-likeness (QED) is 0.848. The SMILES string of the molecule is CCc1n[nH]c(CN(C)[C@H](CO)c2cccc(Br)c2)n1. The highest BCUT2D eigenvalue weighted by Gasteiger charge is 2.17. The summed E-state index contributed by atoms with van der Waals surface area (Å²) >= 11 is 3.46. The molecule has 0 aliphatic carbocycles. The summed E-state index contributed by atoms with van der Waals surface area (Å²) in [6.07, 6.45) is 0.815.